The molecule has 1 N–H and O–H groups in total. The van der Waals surface area contributed by atoms with E-state index in [1.54, 1.807) is 12.1 Å². The number of nitrogens with one attached hydrogen (secondary N) is 1. The van der Waals surface area contributed by atoms with Gasteiger partial charge < -0.3 is 5.32 Å². The SMILES string of the molecule is Cc1ccc(C(=O)CC(Nc2ccc(F)cc2)c2ccc(C(C)(C)C)cc2)cc1. The van der Waals surface area contributed by atoms with E-state index in [0.717, 1.165) is 16.8 Å². The third-order valence-corrected chi connectivity index (χ3v) is 5.13. The number of hydrogen-bond acceptors (Lipinski definition) is 2. The molecule has 3 heteroatoms. The van der Waals surface area contributed by atoms with Gasteiger partial charge in [-0.3, -0.25) is 4.79 Å². The zero-order valence-electron chi connectivity index (χ0n) is 17.5. The Morgan fingerprint density at radius 1 is 0.897 bits per heavy atom. The fourth-order valence-corrected chi connectivity index (χ4v) is 3.26. The van der Waals surface area contributed by atoms with E-state index in [-0.39, 0.29) is 23.1 Å². The van der Waals surface area contributed by atoms with E-state index in [2.05, 4.69) is 50.4 Å². The lowest BCUT2D eigenvalue weighted by Crippen LogP contribution is -2.17. The number of hydrogen-bond donors (Lipinski definition) is 1. The quantitative estimate of drug-likeness (QED) is 0.467. The van der Waals surface area contributed by atoms with Crippen LogP contribution < -0.4 is 5.32 Å². The van der Waals surface area contributed by atoms with Crippen molar-refractivity contribution in [2.24, 2.45) is 0 Å². The zero-order valence-corrected chi connectivity index (χ0v) is 17.5. The van der Waals surface area contributed by atoms with E-state index in [0.29, 0.717) is 12.0 Å². The van der Waals surface area contributed by atoms with Crippen molar-refractivity contribution in [3.63, 3.8) is 0 Å². The molecular weight excluding hydrogens is 361 g/mol. The van der Waals surface area contributed by atoms with Crippen molar-refractivity contribution in [3.8, 4) is 0 Å². The second-order valence-electron chi connectivity index (χ2n) is 8.57. The van der Waals surface area contributed by atoms with Crippen molar-refractivity contribution in [2.45, 2.75) is 45.6 Å². The number of carbonyl (C=O) groups is 1. The molecule has 0 radical (unpaired) electrons. The summed E-state index contributed by atoms with van der Waals surface area (Å²) in [5.41, 5.74) is 4.95. The minimum atomic E-state index is -0.280. The third kappa shape index (κ3) is 5.54. The van der Waals surface area contributed by atoms with Crippen LogP contribution in [0.4, 0.5) is 10.1 Å². The van der Waals surface area contributed by atoms with E-state index in [1.165, 1.54) is 17.7 Å². The number of ketones is 1. The van der Waals surface area contributed by atoms with Crippen LogP contribution in [0.3, 0.4) is 0 Å². The summed E-state index contributed by atoms with van der Waals surface area (Å²) in [6.07, 6.45) is 0.315. The Morgan fingerprint density at radius 2 is 1.48 bits per heavy atom. The average Bonchev–Trinajstić information content (AvgIpc) is 2.69. The molecule has 0 saturated carbocycles. The molecule has 3 aromatic rings. The summed E-state index contributed by atoms with van der Waals surface area (Å²) in [5, 5.41) is 3.41. The summed E-state index contributed by atoms with van der Waals surface area (Å²) in [5.74, 6) is -0.207. The lowest BCUT2D eigenvalue weighted by Gasteiger charge is -2.23. The number of anilines is 1. The molecule has 0 spiro atoms. The fraction of sp³-hybridized carbons (Fsp3) is 0.269. The first kappa shape index (κ1) is 20.8. The van der Waals surface area contributed by atoms with E-state index < -0.39 is 0 Å². The maximum atomic E-state index is 13.3. The maximum Gasteiger partial charge on any atom is 0.165 e. The Balaban J connectivity index is 1.87. The topological polar surface area (TPSA) is 29.1 Å². The standard InChI is InChI=1S/C26H28FNO/c1-18-5-7-20(8-6-18)25(29)17-24(28-23-15-13-22(27)14-16-23)19-9-11-21(12-10-19)26(2,3)4/h5-16,24,28H,17H2,1-4H3. The molecule has 3 aromatic carbocycles. The van der Waals surface area contributed by atoms with Gasteiger partial charge in [-0.15, -0.1) is 0 Å². The summed E-state index contributed by atoms with van der Waals surface area (Å²) in [7, 11) is 0. The lowest BCUT2D eigenvalue weighted by atomic mass is 9.86. The van der Waals surface area contributed by atoms with Gasteiger partial charge in [-0.1, -0.05) is 74.9 Å². The van der Waals surface area contributed by atoms with Gasteiger partial charge >= 0.3 is 0 Å². The number of Topliss-reactive ketones (excluding diaryl/α,β-unsaturated/α-hetero) is 1. The van der Waals surface area contributed by atoms with Gasteiger partial charge in [0.05, 0.1) is 6.04 Å². The van der Waals surface area contributed by atoms with Gasteiger partial charge in [-0.05, 0) is 47.7 Å². The first-order valence-electron chi connectivity index (χ1n) is 9.95. The van der Waals surface area contributed by atoms with Crippen molar-refractivity contribution < 1.29 is 9.18 Å². The normalized spacial score (nSPS) is 12.4. The molecule has 0 fully saturated rings. The smallest absolute Gasteiger partial charge is 0.165 e. The number of rotatable bonds is 6. The van der Waals surface area contributed by atoms with Crippen LogP contribution in [0.15, 0.2) is 72.8 Å². The molecule has 0 saturated heterocycles. The van der Waals surface area contributed by atoms with E-state index in [4.69, 9.17) is 0 Å². The van der Waals surface area contributed by atoms with Crippen LogP contribution in [0, 0.1) is 12.7 Å². The van der Waals surface area contributed by atoms with Crippen LogP contribution in [0.2, 0.25) is 0 Å². The van der Waals surface area contributed by atoms with Crippen molar-refractivity contribution in [1.29, 1.82) is 0 Å². The molecule has 29 heavy (non-hydrogen) atoms. The Bertz CT molecular complexity index is 952. The van der Waals surface area contributed by atoms with Gasteiger partial charge in [0, 0.05) is 17.7 Å². The highest BCUT2D eigenvalue weighted by Crippen LogP contribution is 2.28. The maximum absolute atomic E-state index is 13.3. The van der Waals surface area contributed by atoms with Gasteiger partial charge in [-0.25, -0.2) is 4.39 Å². The minimum Gasteiger partial charge on any atom is -0.378 e. The molecule has 1 unspecified atom stereocenters. The second-order valence-corrected chi connectivity index (χ2v) is 8.57. The van der Waals surface area contributed by atoms with E-state index in [9.17, 15) is 9.18 Å². The summed E-state index contributed by atoms with van der Waals surface area (Å²) in [6.45, 7) is 8.54. The molecule has 0 heterocycles. The van der Waals surface area contributed by atoms with Gasteiger partial charge in [0.2, 0.25) is 0 Å². The first-order valence-corrected chi connectivity index (χ1v) is 9.95. The van der Waals surface area contributed by atoms with Crippen LogP contribution >= 0.6 is 0 Å². The van der Waals surface area contributed by atoms with Crippen molar-refractivity contribution in [1.82, 2.24) is 0 Å². The molecule has 3 rings (SSSR count). The van der Waals surface area contributed by atoms with E-state index in [1.807, 2.05) is 31.2 Å². The lowest BCUT2D eigenvalue weighted by molar-refractivity contribution is 0.0976. The van der Waals surface area contributed by atoms with Crippen LogP contribution in [-0.4, -0.2) is 5.78 Å². The largest absolute Gasteiger partial charge is 0.378 e. The Hall–Kier alpha value is -2.94. The number of carbonyl (C=O) groups excluding carboxylic acids is 1. The molecule has 0 aromatic heterocycles. The van der Waals surface area contributed by atoms with Gasteiger partial charge in [0.1, 0.15) is 5.82 Å². The van der Waals surface area contributed by atoms with Crippen molar-refractivity contribution >= 4 is 11.5 Å². The molecule has 2 nitrogen and oxygen atoms in total. The molecule has 0 bridgehead atoms. The van der Waals surface area contributed by atoms with Crippen LogP contribution in [0.1, 0.15) is 60.3 Å². The predicted molar refractivity (Wildman–Crippen MR) is 118 cm³/mol. The van der Waals surface area contributed by atoms with Gasteiger partial charge in [0.25, 0.3) is 0 Å². The molecule has 1 atom stereocenters. The summed E-state index contributed by atoms with van der Waals surface area (Å²) in [4.78, 5) is 12.9. The fourth-order valence-electron chi connectivity index (χ4n) is 3.26. The molecule has 0 aliphatic rings. The van der Waals surface area contributed by atoms with Gasteiger partial charge in [0.15, 0.2) is 5.78 Å². The highest BCUT2D eigenvalue weighted by Gasteiger charge is 2.19. The van der Waals surface area contributed by atoms with E-state index >= 15 is 0 Å². The van der Waals surface area contributed by atoms with Crippen molar-refractivity contribution in [3.05, 3.63) is 101 Å². The molecule has 0 aliphatic carbocycles. The number of benzene rings is 3. The Morgan fingerprint density at radius 3 is 2.03 bits per heavy atom. The van der Waals surface area contributed by atoms with Crippen molar-refractivity contribution in [2.75, 3.05) is 5.32 Å². The molecule has 0 aliphatic heterocycles. The number of halogens is 1. The first-order chi connectivity index (χ1) is 13.7. The predicted octanol–water partition coefficient (Wildman–Crippen LogP) is 6.86. The van der Waals surface area contributed by atoms with Gasteiger partial charge in [-0.2, -0.15) is 0 Å². The number of aryl methyl sites for hydroxylation is 1. The monoisotopic (exact) mass is 389 g/mol. The third-order valence-electron chi connectivity index (χ3n) is 5.13. The molecular formula is C26H28FNO. The molecule has 150 valence electrons. The van der Waals surface area contributed by atoms with Crippen LogP contribution in [0.25, 0.3) is 0 Å². The second kappa shape index (κ2) is 8.60. The highest BCUT2D eigenvalue weighted by atomic mass is 19.1. The highest BCUT2D eigenvalue weighted by molar-refractivity contribution is 5.96. The average molecular weight is 390 g/mol. The minimum absolute atomic E-state index is 0.0656. The Kier molecular flexibility index (Phi) is 6.17. The molecule has 0 amide bonds. The summed E-state index contributed by atoms with van der Waals surface area (Å²) >= 11 is 0. The zero-order chi connectivity index (χ0) is 21.0. The summed E-state index contributed by atoms with van der Waals surface area (Å²) < 4.78 is 13.3. The summed E-state index contributed by atoms with van der Waals surface area (Å²) in [6, 6.07) is 22.1. The van der Waals surface area contributed by atoms with Crippen LogP contribution in [0.5, 0.6) is 0 Å². The Labute approximate surface area is 172 Å². The van der Waals surface area contributed by atoms with Crippen LogP contribution in [-0.2, 0) is 5.41 Å².